The van der Waals surface area contributed by atoms with Crippen LogP contribution in [0.15, 0.2) is 42.5 Å². The van der Waals surface area contributed by atoms with Crippen LogP contribution in [0.3, 0.4) is 0 Å². The largest absolute Gasteiger partial charge is 0.355 e. The third-order valence-electron chi connectivity index (χ3n) is 3.33. The molecular formula is C17H17F2N3O2. The van der Waals surface area contributed by atoms with E-state index in [1.807, 2.05) is 0 Å². The minimum Gasteiger partial charge on any atom is -0.355 e. The van der Waals surface area contributed by atoms with E-state index in [4.69, 9.17) is 0 Å². The number of carbonyl (C=O) groups excluding carboxylic acids is 2. The molecule has 0 atom stereocenters. The summed E-state index contributed by atoms with van der Waals surface area (Å²) in [6, 6.07) is 9.47. The van der Waals surface area contributed by atoms with Gasteiger partial charge in [0.25, 0.3) is 5.91 Å². The van der Waals surface area contributed by atoms with Crippen molar-refractivity contribution in [3.8, 4) is 0 Å². The molecule has 7 heteroatoms. The normalized spacial score (nSPS) is 10.1. The molecule has 0 bridgehead atoms. The molecule has 0 fully saturated rings. The van der Waals surface area contributed by atoms with Gasteiger partial charge >= 0.3 is 6.03 Å². The molecule has 0 aliphatic heterocycles. The smallest absolute Gasteiger partial charge is 0.319 e. The molecule has 0 saturated carbocycles. The molecule has 0 unspecified atom stereocenters. The van der Waals surface area contributed by atoms with Crippen molar-refractivity contribution in [2.24, 2.45) is 0 Å². The van der Waals surface area contributed by atoms with Gasteiger partial charge in [-0.05, 0) is 36.2 Å². The second-order valence-corrected chi connectivity index (χ2v) is 5.00. The lowest BCUT2D eigenvalue weighted by Crippen LogP contribution is -2.30. The summed E-state index contributed by atoms with van der Waals surface area (Å²) in [6.45, 7) is 0.232. The van der Waals surface area contributed by atoms with E-state index in [0.29, 0.717) is 12.0 Å². The molecule has 0 aromatic heterocycles. The van der Waals surface area contributed by atoms with Gasteiger partial charge in [0.15, 0.2) is 0 Å². The van der Waals surface area contributed by atoms with Crippen molar-refractivity contribution in [1.29, 1.82) is 0 Å². The van der Waals surface area contributed by atoms with Crippen LogP contribution in [0.25, 0.3) is 0 Å². The Hall–Kier alpha value is -2.96. The highest BCUT2D eigenvalue weighted by Gasteiger charge is 2.12. The maximum atomic E-state index is 13.5. The summed E-state index contributed by atoms with van der Waals surface area (Å²) in [4.78, 5) is 23.3. The maximum absolute atomic E-state index is 13.5. The van der Waals surface area contributed by atoms with Gasteiger partial charge in [-0.3, -0.25) is 4.79 Å². The number of halogens is 2. The quantitative estimate of drug-likeness (QED) is 0.787. The van der Waals surface area contributed by atoms with E-state index in [9.17, 15) is 18.4 Å². The van der Waals surface area contributed by atoms with E-state index in [2.05, 4.69) is 16.0 Å². The van der Waals surface area contributed by atoms with Crippen LogP contribution in [0, 0.1) is 11.6 Å². The highest BCUT2D eigenvalue weighted by atomic mass is 19.1. The lowest BCUT2D eigenvalue weighted by atomic mass is 10.1. The fourth-order valence-corrected chi connectivity index (χ4v) is 2.10. The first-order valence-electron chi connectivity index (χ1n) is 7.31. The fraction of sp³-hybridized carbons (Fsp3) is 0.176. The van der Waals surface area contributed by atoms with Gasteiger partial charge in [-0.25, -0.2) is 13.6 Å². The summed E-state index contributed by atoms with van der Waals surface area (Å²) < 4.78 is 27.0. The first-order chi connectivity index (χ1) is 11.5. The number of hydrogen-bond acceptors (Lipinski definition) is 2. The monoisotopic (exact) mass is 333 g/mol. The zero-order valence-electron chi connectivity index (χ0n) is 13.0. The van der Waals surface area contributed by atoms with Crippen molar-refractivity contribution in [3.63, 3.8) is 0 Å². The van der Waals surface area contributed by atoms with E-state index < -0.39 is 17.8 Å². The van der Waals surface area contributed by atoms with Gasteiger partial charge in [0.2, 0.25) is 0 Å². The number of urea groups is 1. The number of amides is 3. The molecule has 0 spiro atoms. The van der Waals surface area contributed by atoms with Gasteiger partial charge < -0.3 is 16.0 Å². The molecule has 3 amide bonds. The number of rotatable bonds is 5. The first-order valence-corrected chi connectivity index (χ1v) is 7.31. The van der Waals surface area contributed by atoms with Crippen LogP contribution in [0.4, 0.5) is 19.3 Å². The summed E-state index contributed by atoms with van der Waals surface area (Å²) in [6.07, 6.45) is 0.340. The summed E-state index contributed by atoms with van der Waals surface area (Å²) in [7, 11) is 1.39. The van der Waals surface area contributed by atoms with Crippen LogP contribution in [-0.4, -0.2) is 25.5 Å². The van der Waals surface area contributed by atoms with E-state index in [1.165, 1.54) is 25.2 Å². The highest BCUT2D eigenvalue weighted by molar-refractivity contribution is 5.97. The molecule has 2 aromatic carbocycles. The number of anilines is 1. The van der Waals surface area contributed by atoms with Crippen molar-refractivity contribution in [3.05, 3.63) is 65.2 Å². The van der Waals surface area contributed by atoms with E-state index in [-0.39, 0.29) is 23.6 Å². The Morgan fingerprint density at radius 3 is 2.50 bits per heavy atom. The van der Waals surface area contributed by atoms with Crippen molar-refractivity contribution in [1.82, 2.24) is 10.6 Å². The molecular weight excluding hydrogens is 316 g/mol. The predicted molar refractivity (Wildman–Crippen MR) is 86.9 cm³/mol. The third-order valence-corrected chi connectivity index (χ3v) is 3.33. The second kappa shape index (κ2) is 8.05. The van der Waals surface area contributed by atoms with Crippen molar-refractivity contribution < 1.29 is 18.4 Å². The number of nitrogens with one attached hydrogen (secondary N) is 3. The molecule has 0 aliphatic carbocycles. The number of hydrogen-bond donors (Lipinski definition) is 3. The van der Waals surface area contributed by atoms with Gasteiger partial charge in [-0.15, -0.1) is 0 Å². The SMILES string of the molecule is CNC(=O)c1cc(NC(=O)NCCc2ccccc2F)ccc1F. The molecule has 3 N–H and O–H groups in total. The van der Waals surface area contributed by atoms with E-state index in [1.54, 1.807) is 18.2 Å². The zero-order chi connectivity index (χ0) is 17.5. The van der Waals surface area contributed by atoms with Crippen molar-refractivity contribution in [2.45, 2.75) is 6.42 Å². The van der Waals surface area contributed by atoms with Crippen LogP contribution in [0.1, 0.15) is 15.9 Å². The van der Waals surface area contributed by atoms with E-state index in [0.717, 1.165) is 6.07 Å². The Morgan fingerprint density at radius 1 is 1.04 bits per heavy atom. The summed E-state index contributed by atoms with van der Waals surface area (Å²) in [5.74, 6) is -1.59. The Labute approximate surface area is 138 Å². The predicted octanol–water partition coefficient (Wildman–Crippen LogP) is 2.69. The highest BCUT2D eigenvalue weighted by Crippen LogP contribution is 2.14. The minimum atomic E-state index is -0.681. The Bertz CT molecular complexity index is 750. The first kappa shape index (κ1) is 17.4. The topological polar surface area (TPSA) is 70.2 Å². The Morgan fingerprint density at radius 2 is 1.79 bits per heavy atom. The summed E-state index contributed by atoms with van der Waals surface area (Å²) >= 11 is 0. The van der Waals surface area contributed by atoms with Crippen LogP contribution >= 0.6 is 0 Å². The lowest BCUT2D eigenvalue weighted by molar-refractivity contribution is 0.0959. The second-order valence-electron chi connectivity index (χ2n) is 5.00. The van der Waals surface area contributed by atoms with Gasteiger partial charge in [0, 0.05) is 19.3 Å². The molecule has 2 rings (SSSR count). The van der Waals surface area contributed by atoms with Gasteiger partial charge in [-0.1, -0.05) is 18.2 Å². The van der Waals surface area contributed by atoms with Crippen LogP contribution < -0.4 is 16.0 Å². The molecule has 5 nitrogen and oxygen atoms in total. The van der Waals surface area contributed by atoms with Crippen LogP contribution in [0.5, 0.6) is 0 Å². The molecule has 2 aromatic rings. The Kier molecular flexibility index (Phi) is 5.83. The maximum Gasteiger partial charge on any atom is 0.319 e. The van der Waals surface area contributed by atoms with Crippen molar-refractivity contribution in [2.75, 3.05) is 18.9 Å². The average molecular weight is 333 g/mol. The fourth-order valence-electron chi connectivity index (χ4n) is 2.10. The number of benzene rings is 2. The van der Waals surface area contributed by atoms with Gasteiger partial charge in [0.05, 0.1) is 5.56 Å². The molecule has 0 radical (unpaired) electrons. The average Bonchev–Trinajstić information content (AvgIpc) is 2.57. The molecule has 0 aliphatic rings. The van der Waals surface area contributed by atoms with Crippen LogP contribution in [0.2, 0.25) is 0 Å². The molecule has 0 saturated heterocycles. The summed E-state index contributed by atoms with van der Waals surface area (Å²) in [5.41, 5.74) is 0.613. The lowest BCUT2D eigenvalue weighted by Gasteiger charge is -2.10. The Balaban J connectivity index is 1.91. The molecule has 126 valence electrons. The number of carbonyl (C=O) groups is 2. The third kappa shape index (κ3) is 4.52. The minimum absolute atomic E-state index is 0.165. The van der Waals surface area contributed by atoms with Gasteiger partial charge in [-0.2, -0.15) is 0 Å². The standard InChI is InChI=1S/C17H17F2N3O2/c1-20-16(23)13-10-12(6-7-15(13)19)22-17(24)21-9-8-11-4-2-3-5-14(11)18/h2-7,10H,8-9H2,1H3,(H,20,23)(H2,21,22,24). The zero-order valence-corrected chi connectivity index (χ0v) is 13.0. The molecule has 0 heterocycles. The molecule has 24 heavy (non-hydrogen) atoms. The summed E-state index contributed by atoms with van der Waals surface area (Å²) in [5, 5.41) is 7.39. The van der Waals surface area contributed by atoms with Crippen LogP contribution in [-0.2, 0) is 6.42 Å². The van der Waals surface area contributed by atoms with Gasteiger partial charge in [0.1, 0.15) is 11.6 Å². The van der Waals surface area contributed by atoms with E-state index >= 15 is 0 Å². The van der Waals surface area contributed by atoms with Crippen molar-refractivity contribution >= 4 is 17.6 Å².